The molecule has 1 aromatic carbocycles. The Balaban J connectivity index is 1.68. The Morgan fingerprint density at radius 1 is 1.30 bits per heavy atom. The van der Waals surface area contributed by atoms with Crippen LogP contribution in [0.15, 0.2) is 47.8 Å². The highest BCUT2D eigenvalue weighted by molar-refractivity contribution is 7.91. The van der Waals surface area contributed by atoms with E-state index in [0.717, 1.165) is 36.0 Å². The summed E-state index contributed by atoms with van der Waals surface area (Å²) in [7, 11) is 0.233. The number of urea groups is 1. The standard InChI is InChI=1S/C19H21N6O3PS/c1-28-16-11-13(7-9-21-16)15-6-5-12-3-2-4-14(12)18(15)22-19(26)24-30(20,27)17-8-10-25(29)23-17/h5-11H,2-4,29H2,1H3,(H3,20,22,24,26,27). The molecule has 0 saturated carbocycles. The van der Waals surface area contributed by atoms with Crippen molar-refractivity contribution in [2.24, 2.45) is 0 Å². The topological polar surface area (TPSA) is 122 Å². The molecule has 3 aromatic rings. The molecule has 11 heteroatoms. The average Bonchev–Trinajstić information content (AvgIpc) is 3.37. The van der Waals surface area contributed by atoms with Crippen LogP contribution in [0.1, 0.15) is 17.5 Å². The number of rotatable bonds is 5. The largest absolute Gasteiger partial charge is 0.481 e. The van der Waals surface area contributed by atoms with Crippen LogP contribution in [0.2, 0.25) is 0 Å². The molecule has 2 aromatic heterocycles. The van der Waals surface area contributed by atoms with Gasteiger partial charge in [0.15, 0.2) is 14.9 Å². The molecule has 2 unspecified atom stereocenters. The number of aromatic nitrogens is 3. The Bertz CT molecular complexity index is 1220. The van der Waals surface area contributed by atoms with Gasteiger partial charge in [0.1, 0.15) is 0 Å². The van der Waals surface area contributed by atoms with Crippen molar-refractivity contribution in [3.63, 3.8) is 0 Å². The van der Waals surface area contributed by atoms with Crippen LogP contribution in [-0.2, 0) is 22.8 Å². The molecule has 2 amide bonds. The number of pyridine rings is 1. The van der Waals surface area contributed by atoms with Crippen LogP contribution in [-0.4, -0.2) is 31.9 Å². The lowest BCUT2D eigenvalue weighted by molar-refractivity contribution is 0.256. The fraction of sp³-hybridized carbons (Fsp3) is 0.211. The van der Waals surface area contributed by atoms with E-state index in [1.807, 2.05) is 12.1 Å². The van der Waals surface area contributed by atoms with Crippen LogP contribution in [0, 0.1) is 4.78 Å². The van der Waals surface area contributed by atoms with Crippen molar-refractivity contribution in [1.82, 2.24) is 19.3 Å². The van der Waals surface area contributed by atoms with Gasteiger partial charge in [0.25, 0.3) is 0 Å². The Labute approximate surface area is 176 Å². The van der Waals surface area contributed by atoms with Gasteiger partial charge >= 0.3 is 6.03 Å². The Hall–Kier alpha value is -2.97. The van der Waals surface area contributed by atoms with E-state index in [2.05, 4.69) is 35.6 Å². The first kappa shape index (κ1) is 20.3. The van der Waals surface area contributed by atoms with Gasteiger partial charge in [-0.25, -0.2) is 23.5 Å². The molecule has 1 aliphatic rings. The van der Waals surface area contributed by atoms with Crippen LogP contribution in [0.4, 0.5) is 10.5 Å². The smallest absolute Gasteiger partial charge is 0.332 e. The predicted octanol–water partition coefficient (Wildman–Crippen LogP) is 3.22. The lowest BCUT2D eigenvalue weighted by Gasteiger charge is -2.17. The molecule has 30 heavy (non-hydrogen) atoms. The quantitative estimate of drug-likeness (QED) is 0.522. The second-order valence-electron chi connectivity index (χ2n) is 6.81. The van der Waals surface area contributed by atoms with E-state index in [1.165, 1.54) is 22.3 Å². The van der Waals surface area contributed by atoms with E-state index in [0.29, 0.717) is 11.6 Å². The number of hydrogen-bond donors (Lipinski definition) is 3. The van der Waals surface area contributed by atoms with E-state index in [1.54, 1.807) is 19.4 Å². The highest BCUT2D eigenvalue weighted by Crippen LogP contribution is 2.38. The lowest BCUT2D eigenvalue weighted by Crippen LogP contribution is -2.34. The minimum atomic E-state index is -3.60. The van der Waals surface area contributed by atoms with Gasteiger partial charge in [-0.05, 0) is 57.5 Å². The van der Waals surface area contributed by atoms with Gasteiger partial charge in [-0.3, -0.25) is 4.45 Å². The summed E-state index contributed by atoms with van der Waals surface area (Å²) in [5.74, 6) is 0.464. The number of carbonyl (C=O) groups excluding carboxylic acids is 1. The molecular formula is C19H21N6O3PS. The van der Waals surface area contributed by atoms with Gasteiger partial charge in [-0.2, -0.15) is 5.10 Å². The molecule has 4 rings (SSSR count). The van der Waals surface area contributed by atoms with Gasteiger partial charge in [0.2, 0.25) is 5.88 Å². The molecule has 0 bridgehead atoms. The maximum atomic E-state index is 12.7. The number of anilines is 1. The highest BCUT2D eigenvalue weighted by Gasteiger charge is 2.23. The monoisotopic (exact) mass is 444 g/mol. The third-order valence-electron chi connectivity index (χ3n) is 4.89. The molecule has 9 nitrogen and oxygen atoms in total. The Morgan fingerprint density at radius 2 is 2.13 bits per heavy atom. The van der Waals surface area contributed by atoms with Crippen molar-refractivity contribution in [3.05, 3.63) is 53.9 Å². The summed E-state index contributed by atoms with van der Waals surface area (Å²) in [5.41, 5.74) is 4.49. The number of ether oxygens (including phenoxy) is 1. The maximum absolute atomic E-state index is 12.7. The summed E-state index contributed by atoms with van der Waals surface area (Å²) in [4.78, 5) is 16.9. The fourth-order valence-corrected chi connectivity index (χ4v) is 4.71. The molecular weight excluding hydrogens is 423 g/mol. The molecule has 0 aliphatic heterocycles. The summed E-state index contributed by atoms with van der Waals surface area (Å²) in [5, 5.41) is 6.74. The zero-order valence-electron chi connectivity index (χ0n) is 16.2. The normalized spacial score (nSPS) is 14.6. The fourth-order valence-electron chi connectivity index (χ4n) is 3.53. The molecule has 2 heterocycles. The van der Waals surface area contributed by atoms with Crippen LogP contribution in [0.3, 0.4) is 0 Å². The van der Waals surface area contributed by atoms with E-state index in [9.17, 15) is 9.00 Å². The van der Waals surface area contributed by atoms with Crippen molar-refractivity contribution in [2.75, 3.05) is 12.4 Å². The highest BCUT2D eigenvalue weighted by atomic mass is 32.2. The average molecular weight is 444 g/mol. The zero-order chi connectivity index (χ0) is 21.3. The summed E-state index contributed by atoms with van der Waals surface area (Å²) >= 11 is 0. The number of hydrogen-bond acceptors (Lipinski definition) is 6. The van der Waals surface area contributed by atoms with Crippen LogP contribution < -0.4 is 14.8 Å². The second-order valence-corrected chi connectivity index (χ2v) is 9.08. The first-order valence-corrected chi connectivity index (χ1v) is 11.3. The maximum Gasteiger partial charge on any atom is 0.332 e. The third kappa shape index (κ3) is 4.01. The van der Waals surface area contributed by atoms with Crippen LogP contribution in [0.25, 0.3) is 11.1 Å². The number of methoxy groups -OCH3 is 1. The minimum Gasteiger partial charge on any atom is -0.481 e. The first-order chi connectivity index (χ1) is 14.4. The van der Waals surface area contributed by atoms with Gasteiger partial charge < -0.3 is 10.1 Å². The van der Waals surface area contributed by atoms with E-state index < -0.39 is 15.9 Å². The van der Waals surface area contributed by atoms with Crippen molar-refractivity contribution in [3.8, 4) is 17.0 Å². The van der Waals surface area contributed by atoms with Crippen LogP contribution >= 0.6 is 9.39 Å². The molecule has 0 fully saturated rings. The molecule has 1 aliphatic carbocycles. The second kappa shape index (κ2) is 8.04. The predicted molar refractivity (Wildman–Crippen MR) is 117 cm³/mol. The zero-order valence-corrected chi connectivity index (χ0v) is 18.2. The lowest BCUT2D eigenvalue weighted by atomic mass is 9.98. The number of fused-ring (bicyclic) bond motifs is 1. The third-order valence-corrected chi connectivity index (χ3v) is 6.46. The molecule has 0 saturated heterocycles. The number of benzene rings is 1. The summed E-state index contributed by atoms with van der Waals surface area (Å²) < 4.78 is 29.5. The molecule has 0 spiro atoms. The van der Waals surface area contributed by atoms with Gasteiger partial charge in [0.05, 0.1) is 12.8 Å². The van der Waals surface area contributed by atoms with E-state index in [4.69, 9.17) is 9.52 Å². The van der Waals surface area contributed by atoms with E-state index in [-0.39, 0.29) is 5.03 Å². The number of nitrogens with zero attached hydrogens (tertiary/aromatic N) is 3. The summed E-state index contributed by atoms with van der Waals surface area (Å²) in [6.45, 7) is 0. The number of amides is 2. The van der Waals surface area contributed by atoms with Crippen molar-refractivity contribution in [1.29, 1.82) is 4.78 Å². The van der Waals surface area contributed by atoms with E-state index >= 15 is 0 Å². The number of aryl methyl sites for hydroxylation is 1. The summed E-state index contributed by atoms with van der Waals surface area (Å²) in [6, 6.07) is 8.34. The first-order valence-electron chi connectivity index (χ1n) is 9.21. The SMILES string of the molecule is COc1cc(-c2ccc3c(c2NC(=O)NS(=N)(=O)c2ccn(P)n2)CCC3)ccn1. The van der Waals surface area contributed by atoms with Crippen molar-refractivity contribution >= 4 is 31.0 Å². The number of nitrogens with one attached hydrogen (secondary N) is 3. The molecule has 0 radical (unpaired) electrons. The van der Waals surface area contributed by atoms with Crippen molar-refractivity contribution in [2.45, 2.75) is 24.3 Å². The molecule has 156 valence electrons. The van der Waals surface area contributed by atoms with Gasteiger partial charge in [-0.15, -0.1) is 0 Å². The van der Waals surface area contributed by atoms with Crippen LogP contribution in [0.5, 0.6) is 5.88 Å². The number of carbonyl (C=O) groups is 1. The minimum absolute atomic E-state index is 0.0231. The van der Waals surface area contributed by atoms with Crippen molar-refractivity contribution < 1.29 is 13.7 Å². The molecule has 2 atom stereocenters. The Morgan fingerprint density at radius 3 is 2.87 bits per heavy atom. The molecule has 3 N–H and O–H groups in total. The summed E-state index contributed by atoms with van der Waals surface area (Å²) in [6.07, 6.45) is 5.93. The van der Waals surface area contributed by atoms with Gasteiger partial charge in [0, 0.05) is 24.0 Å². The van der Waals surface area contributed by atoms with Gasteiger partial charge in [-0.1, -0.05) is 12.1 Å². The Kier molecular flexibility index (Phi) is 5.44.